The number of hydrogen-bond acceptors (Lipinski definition) is 3. The average Bonchev–Trinajstić information content (AvgIpc) is 2.83. The number of hydrogen-bond donors (Lipinski definition) is 0. The monoisotopic (exact) mass is 277 g/mol. The molecule has 6 heteroatoms. The molecule has 0 saturated heterocycles. The molecule has 2 heterocycles. The minimum atomic E-state index is -0.408. The number of pyridine rings is 1. The molecular formula is C13H9ClFN3O. The average molecular weight is 278 g/mol. The van der Waals surface area contributed by atoms with E-state index in [1.54, 1.807) is 40.9 Å². The summed E-state index contributed by atoms with van der Waals surface area (Å²) < 4.78 is 20.5. The second kappa shape index (κ2) is 4.85. The van der Waals surface area contributed by atoms with Crippen LogP contribution in [0.15, 0.2) is 42.6 Å². The highest BCUT2D eigenvalue weighted by atomic mass is 35.5. The Kier molecular flexibility index (Phi) is 3.05. The predicted octanol–water partition coefficient (Wildman–Crippen LogP) is 3.10. The second-order valence-corrected chi connectivity index (χ2v) is 4.29. The number of fused-ring (bicyclic) bond motifs is 1. The molecule has 0 atom stereocenters. The van der Waals surface area contributed by atoms with E-state index in [4.69, 9.17) is 16.3 Å². The summed E-state index contributed by atoms with van der Waals surface area (Å²) in [5, 5.41) is 8.45. The van der Waals surface area contributed by atoms with Gasteiger partial charge in [-0.25, -0.2) is 4.39 Å². The maximum Gasteiger partial charge on any atom is 0.179 e. The number of nitrogens with zero attached hydrogens (tertiary/aromatic N) is 3. The Hall–Kier alpha value is -2.14. The van der Waals surface area contributed by atoms with Gasteiger partial charge in [0.2, 0.25) is 0 Å². The quantitative estimate of drug-likeness (QED) is 0.738. The van der Waals surface area contributed by atoms with Crippen molar-refractivity contribution >= 4 is 17.2 Å². The first-order valence-electron chi connectivity index (χ1n) is 5.61. The lowest BCUT2D eigenvalue weighted by molar-refractivity contribution is 0.280. The van der Waals surface area contributed by atoms with E-state index in [0.29, 0.717) is 16.5 Å². The van der Waals surface area contributed by atoms with E-state index in [9.17, 15) is 4.39 Å². The molecule has 0 aliphatic rings. The maximum absolute atomic E-state index is 13.4. The van der Waals surface area contributed by atoms with Crippen molar-refractivity contribution in [2.45, 2.75) is 6.61 Å². The van der Waals surface area contributed by atoms with Crippen molar-refractivity contribution in [3.63, 3.8) is 0 Å². The number of ether oxygens (including phenoxy) is 1. The van der Waals surface area contributed by atoms with E-state index < -0.39 is 5.82 Å². The zero-order valence-corrected chi connectivity index (χ0v) is 10.5. The highest BCUT2D eigenvalue weighted by molar-refractivity contribution is 6.33. The van der Waals surface area contributed by atoms with Crippen molar-refractivity contribution in [1.29, 1.82) is 0 Å². The third-order valence-electron chi connectivity index (χ3n) is 2.65. The van der Waals surface area contributed by atoms with Gasteiger partial charge in [0.1, 0.15) is 6.61 Å². The van der Waals surface area contributed by atoms with Crippen LogP contribution in [-0.4, -0.2) is 14.6 Å². The minimum absolute atomic E-state index is 0.114. The Morgan fingerprint density at radius 3 is 2.84 bits per heavy atom. The molecule has 0 radical (unpaired) electrons. The first kappa shape index (κ1) is 11.9. The van der Waals surface area contributed by atoms with Crippen molar-refractivity contribution < 1.29 is 9.13 Å². The standard InChI is InChI=1S/C13H9ClFN3O/c14-9-4-3-7-18-12(16-17-13(9)18)8-19-11-6-2-1-5-10(11)15/h1-7H,8H2. The first-order valence-corrected chi connectivity index (χ1v) is 5.99. The van der Waals surface area contributed by atoms with E-state index >= 15 is 0 Å². The summed E-state index contributed by atoms with van der Waals surface area (Å²) in [6.07, 6.45) is 1.78. The van der Waals surface area contributed by atoms with E-state index in [1.807, 2.05) is 0 Å². The number of benzene rings is 1. The van der Waals surface area contributed by atoms with Gasteiger partial charge in [-0.05, 0) is 24.3 Å². The second-order valence-electron chi connectivity index (χ2n) is 3.89. The van der Waals surface area contributed by atoms with Crippen LogP contribution >= 0.6 is 11.6 Å². The zero-order valence-electron chi connectivity index (χ0n) is 9.75. The van der Waals surface area contributed by atoms with E-state index in [1.165, 1.54) is 6.07 Å². The summed E-state index contributed by atoms with van der Waals surface area (Å²) in [5.41, 5.74) is 0.552. The number of aromatic nitrogens is 3. The number of rotatable bonds is 3. The fraction of sp³-hybridized carbons (Fsp3) is 0.0769. The summed E-state index contributed by atoms with van der Waals surface area (Å²) in [6, 6.07) is 9.73. The van der Waals surface area contributed by atoms with Crippen LogP contribution in [0.1, 0.15) is 5.82 Å². The molecule has 19 heavy (non-hydrogen) atoms. The summed E-state index contributed by atoms with van der Waals surface area (Å²) in [7, 11) is 0. The van der Waals surface area contributed by atoms with Gasteiger partial charge in [0.15, 0.2) is 23.0 Å². The first-order chi connectivity index (χ1) is 9.25. The molecule has 0 aliphatic carbocycles. The van der Waals surface area contributed by atoms with E-state index in [2.05, 4.69) is 10.2 Å². The van der Waals surface area contributed by atoms with Crippen molar-refractivity contribution in [3.8, 4) is 5.75 Å². The normalized spacial score (nSPS) is 10.8. The van der Waals surface area contributed by atoms with Crippen molar-refractivity contribution in [2.24, 2.45) is 0 Å². The van der Waals surface area contributed by atoms with Gasteiger partial charge < -0.3 is 4.74 Å². The predicted molar refractivity (Wildman–Crippen MR) is 68.7 cm³/mol. The maximum atomic E-state index is 13.4. The molecule has 0 N–H and O–H groups in total. The summed E-state index contributed by atoms with van der Waals surface area (Å²) >= 11 is 5.99. The molecule has 0 amide bonds. The summed E-state index contributed by atoms with van der Waals surface area (Å²) in [4.78, 5) is 0. The summed E-state index contributed by atoms with van der Waals surface area (Å²) in [6.45, 7) is 0.114. The van der Waals surface area contributed by atoms with E-state index in [-0.39, 0.29) is 12.4 Å². The lowest BCUT2D eigenvalue weighted by atomic mass is 10.3. The van der Waals surface area contributed by atoms with Crippen LogP contribution in [0.5, 0.6) is 5.75 Å². The van der Waals surface area contributed by atoms with E-state index in [0.717, 1.165) is 0 Å². The molecule has 0 aliphatic heterocycles. The Morgan fingerprint density at radius 2 is 2.00 bits per heavy atom. The Balaban J connectivity index is 1.87. The van der Waals surface area contributed by atoms with Crippen molar-refractivity contribution in [3.05, 3.63) is 59.3 Å². The number of halogens is 2. The van der Waals surface area contributed by atoms with Gasteiger partial charge in [0.25, 0.3) is 0 Å². The van der Waals surface area contributed by atoms with Crippen LogP contribution < -0.4 is 4.74 Å². The fourth-order valence-corrected chi connectivity index (χ4v) is 1.94. The molecule has 0 fully saturated rings. The molecule has 96 valence electrons. The SMILES string of the molecule is Fc1ccccc1OCc1nnc2c(Cl)cccn12. The third kappa shape index (κ3) is 2.24. The Bertz CT molecular complexity index is 729. The summed E-state index contributed by atoms with van der Waals surface area (Å²) in [5.74, 6) is 0.330. The molecule has 0 bridgehead atoms. The number of para-hydroxylation sites is 1. The fourth-order valence-electron chi connectivity index (χ4n) is 1.73. The van der Waals surface area contributed by atoms with Crippen LogP contribution in [0.25, 0.3) is 5.65 Å². The van der Waals surface area contributed by atoms with Crippen LogP contribution in [-0.2, 0) is 6.61 Å². The van der Waals surface area contributed by atoms with Gasteiger partial charge in [-0.15, -0.1) is 10.2 Å². The van der Waals surface area contributed by atoms with Crippen LogP contribution in [0.4, 0.5) is 4.39 Å². The molecule has 3 rings (SSSR count). The topological polar surface area (TPSA) is 39.4 Å². The minimum Gasteiger partial charge on any atom is -0.483 e. The largest absolute Gasteiger partial charge is 0.483 e. The molecule has 3 aromatic rings. The van der Waals surface area contributed by atoms with Gasteiger partial charge in [0.05, 0.1) is 5.02 Å². The third-order valence-corrected chi connectivity index (χ3v) is 2.95. The Labute approximate surface area is 113 Å². The smallest absolute Gasteiger partial charge is 0.179 e. The van der Waals surface area contributed by atoms with Gasteiger partial charge in [-0.1, -0.05) is 23.7 Å². The van der Waals surface area contributed by atoms with Gasteiger partial charge in [-0.3, -0.25) is 4.40 Å². The molecule has 1 aromatic carbocycles. The van der Waals surface area contributed by atoms with Gasteiger partial charge in [0, 0.05) is 6.20 Å². The zero-order chi connectivity index (χ0) is 13.2. The molecule has 0 unspecified atom stereocenters. The lowest BCUT2D eigenvalue weighted by Crippen LogP contribution is -2.02. The van der Waals surface area contributed by atoms with Crippen molar-refractivity contribution in [1.82, 2.24) is 14.6 Å². The van der Waals surface area contributed by atoms with Crippen LogP contribution in [0.2, 0.25) is 5.02 Å². The molecular weight excluding hydrogens is 269 g/mol. The van der Waals surface area contributed by atoms with Gasteiger partial charge >= 0.3 is 0 Å². The molecule has 2 aromatic heterocycles. The van der Waals surface area contributed by atoms with Gasteiger partial charge in [-0.2, -0.15) is 0 Å². The molecule has 0 spiro atoms. The molecule has 4 nitrogen and oxygen atoms in total. The highest BCUT2D eigenvalue weighted by Gasteiger charge is 2.09. The van der Waals surface area contributed by atoms with Crippen molar-refractivity contribution in [2.75, 3.05) is 0 Å². The van der Waals surface area contributed by atoms with Crippen LogP contribution in [0, 0.1) is 5.82 Å². The lowest BCUT2D eigenvalue weighted by Gasteiger charge is -2.05. The highest BCUT2D eigenvalue weighted by Crippen LogP contribution is 2.19. The Morgan fingerprint density at radius 1 is 1.16 bits per heavy atom. The molecule has 0 saturated carbocycles. The van der Waals surface area contributed by atoms with Crippen LogP contribution in [0.3, 0.4) is 0 Å².